The van der Waals surface area contributed by atoms with Gasteiger partial charge in [-0.2, -0.15) is 0 Å². The van der Waals surface area contributed by atoms with Gasteiger partial charge in [-0.15, -0.1) is 0 Å². The van der Waals surface area contributed by atoms with Gasteiger partial charge in [0.25, 0.3) is 5.97 Å². The first-order valence-electron chi connectivity index (χ1n) is 2.34. The van der Waals surface area contributed by atoms with Crippen LogP contribution in [-0.4, -0.2) is 22.3 Å². The maximum atomic E-state index is 9.00. The molecule has 0 rings (SSSR count). The van der Waals surface area contributed by atoms with Crippen molar-refractivity contribution in [1.82, 2.24) is 0 Å². The summed E-state index contributed by atoms with van der Waals surface area (Å²) < 4.78 is 0. The minimum Gasteiger partial charge on any atom is -0.481 e. The molecule has 0 atom stereocenters. The molecule has 4 heteroatoms. The number of aliphatic hydroxyl groups excluding tert-OH is 1. The fraction of sp³-hybridized carbons (Fsp3) is 0.800. The molecule has 0 aliphatic rings. The van der Waals surface area contributed by atoms with Gasteiger partial charge in [-0.3, -0.25) is 4.79 Å². The van der Waals surface area contributed by atoms with Crippen LogP contribution in [0.3, 0.4) is 0 Å². The Bertz CT molecular complexity index is 56.5. The number of hydrogen-bond donors (Lipinski definition) is 2. The topological polar surface area (TPSA) is 57.5 Å². The van der Waals surface area contributed by atoms with Crippen LogP contribution in [0.5, 0.6) is 0 Å². The van der Waals surface area contributed by atoms with E-state index in [2.05, 4.69) is 0 Å². The molecule has 52 valence electrons. The minimum atomic E-state index is -0.833. The van der Waals surface area contributed by atoms with E-state index in [0.717, 1.165) is 6.92 Å². The second kappa shape index (κ2) is 10.9. The zero-order valence-electron chi connectivity index (χ0n) is 6.09. The summed E-state index contributed by atoms with van der Waals surface area (Å²) >= 11 is 0. The molecule has 2 N–H and O–H groups in total. The molecule has 0 bridgehead atoms. The summed E-state index contributed by atoms with van der Waals surface area (Å²) in [5.41, 5.74) is 0. The van der Waals surface area contributed by atoms with Gasteiger partial charge >= 0.3 is 0 Å². The summed E-state index contributed by atoms with van der Waals surface area (Å²) in [5, 5.41) is 15.5. The molecule has 0 aliphatic heterocycles. The van der Waals surface area contributed by atoms with Crippen molar-refractivity contribution in [2.45, 2.75) is 26.9 Å². The predicted molar refractivity (Wildman–Crippen MR) is 30.7 cm³/mol. The summed E-state index contributed by atoms with van der Waals surface area (Å²) in [7, 11) is 0. The Morgan fingerprint density at radius 2 is 1.44 bits per heavy atom. The molecule has 3 nitrogen and oxygen atoms in total. The number of carboxylic acid groups (broad SMARTS) is 1. The smallest absolute Gasteiger partial charge is 0.300 e. The summed E-state index contributed by atoms with van der Waals surface area (Å²) in [6, 6.07) is 0. The molecule has 0 spiro atoms. The molecule has 0 amide bonds. The number of carbonyl (C=O) groups is 1. The van der Waals surface area contributed by atoms with E-state index in [-0.39, 0.29) is 25.6 Å². The summed E-state index contributed by atoms with van der Waals surface area (Å²) in [6.45, 7) is 4.53. The second-order valence-electron chi connectivity index (χ2n) is 1.61. The Hall–Kier alpha value is 0.0534. The van der Waals surface area contributed by atoms with E-state index < -0.39 is 5.97 Å². The fourth-order valence-electron chi connectivity index (χ4n) is 0. The van der Waals surface area contributed by atoms with Gasteiger partial charge in [0, 0.05) is 32.5 Å². The summed E-state index contributed by atoms with van der Waals surface area (Å²) in [5.74, 6) is -0.833. The number of rotatable bonds is 0. The van der Waals surface area contributed by atoms with Gasteiger partial charge in [0.05, 0.1) is 0 Å². The van der Waals surface area contributed by atoms with Crippen LogP contribution in [0, 0.1) is 0 Å². The first kappa shape index (κ1) is 16.0. The Balaban J connectivity index is -0.0000000720. The molecule has 0 aliphatic carbocycles. The van der Waals surface area contributed by atoms with E-state index in [1.807, 2.05) is 0 Å². The van der Waals surface area contributed by atoms with Crippen LogP contribution < -0.4 is 0 Å². The third kappa shape index (κ3) is 104000. The van der Waals surface area contributed by atoms with Gasteiger partial charge < -0.3 is 10.2 Å². The average molecular weight is 186 g/mol. The van der Waals surface area contributed by atoms with Crippen LogP contribution in [0.1, 0.15) is 20.8 Å². The molecule has 0 aromatic carbocycles. The van der Waals surface area contributed by atoms with Crippen LogP contribution in [0.4, 0.5) is 0 Å². The standard InChI is InChI=1S/C3H8O.C2H4O2.Zn/c1-3(2)4;1-2(3)4;/h3-4H,1-2H3;1H3,(H,3,4);. The van der Waals surface area contributed by atoms with Crippen molar-refractivity contribution in [3.05, 3.63) is 0 Å². The van der Waals surface area contributed by atoms with Gasteiger partial charge in [-0.25, -0.2) is 0 Å². The second-order valence-corrected chi connectivity index (χ2v) is 1.61. The van der Waals surface area contributed by atoms with Crippen LogP contribution in [0.2, 0.25) is 0 Å². The van der Waals surface area contributed by atoms with Crippen molar-refractivity contribution in [2.75, 3.05) is 0 Å². The van der Waals surface area contributed by atoms with Crippen molar-refractivity contribution < 1.29 is 34.5 Å². The molecule has 9 heavy (non-hydrogen) atoms. The fourth-order valence-corrected chi connectivity index (χ4v) is 0. The van der Waals surface area contributed by atoms with E-state index in [1.54, 1.807) is 13.8 Å². The van der Waals surface area contributed by atoms with Crippen LogP contribution in [0.25, 0.3) is 0 Å². The van der Waals surface area contributed by atoms with Crippen LogP contribution in [0.15, 0.2) is 0 Å². The molecular formula is C5H12O3Zn. The maximum absolute atomic E-state index is 9.00. The van der Waals surface area contributed by atoms with Gasteiger partial charge in [-0.1, -0.05) is 0 Å². The van der Waals surface area contributed by atoms with Crippen LogP contribution >= 0.6 is 0 Å². The molecule has 0 saturated carbocycles. The van der Waals surface area contributed by atoms with E-state index in [4.69, 9.17) is 15.0 Å². The first-order valence-corrected chi connectivity index (χ1v) is 2.34. The zero-order valence-corrected chi connectivity index (χ0v) is 9.05. The quantitative estimate of drug-likeness (QED) is 0.540. The Morgan fingerprint density at radius 1 is 1.44 bits per heavy atom. The van der Waals surface area contributed by atoms with Gasteiger partial charge in [0.1, 0.15) is 0 Å². The van der Waals surface area contributed by atoms with E-state index in [1.165, 1.54) is 0 Å². The Morgan fingerprint density at radius 3 is 1.44 bits per heavy atom. The van der Waals surface area contributed by atoms with Crippen molar-refractivity contribution >= 4 is 5.97 Å². The largest absolute Gasteiger partial charge is 0.481 e. The third-order valence-corrected chi connectivity index (χ3v) is 0. The number of carboxylic acids is 1. The van der Waals surface area contributed by atoms with Gasteiger partial charge in [-0.05, 0) is 13.8 Å². The SMILES string of the molecule is CC(=O)O.CC(C)O.[Zn]. The molecule has 0 fully saturated rings. The van der Waals surface area contributed by atoms with E-state index >= 15 is 0 Å². The van der Waals surface area contributed by atoms with Crippen molar-refractivity contribution in [3.8, 4) is 0 Å². The molecular weight excluding hydrogens is 173 g/mol. The number of aliphatic carboxylic acids is 1. The summed E-state index contributed by atoms with van der Waals surface area (Å²) in [6.07, 6.45) is -0.167. The minimum absolute atomic E-state index is 0. The van der Waals surface area contributed by atoms with Gasteiger partial charge in [0.15, 0.2) is 0 Å². The first-order chi connectivity index (χ1) is 3.46. The molecule has 0 saturated heterocycles. The van der Waals surface area contributed by atoms with Crippen molar-refractivity contribution in [1.29, 1.82) is 0 Å². The molecule has 0 aromatic heterocycles. The van der Waals surface area contributed by atoms with E-state index in [9.17, 15) is 0 Å². The van der Waals surface area contributed by atoms with Crippen LogP contribution in [-0.2, 0) is 24.3 Å². The number of hydrogen-bond acceptors (Lipinski definition) is 2. The summed E-state index contributed by atoms with van der Waals surface area (Å²) in [4.78, 5) is 9.00. The number of aliphatic hydroxyl groups is 1. The molecule has 0 heterocycles. The zero-order chi connectivity index (χ0) is 7.15. The Labute approximate surface area is 67.8 Å². The molecule has 0 unspecified atom stereocenters. The predicted octanol–water partition coefficient (Wildman–Crippen LogP) is 0.476. The van der Waals surface area contributed by atoms with E-state index in [0.29, 0.717) is 0 Å². The van der Waals surface area contributed by atoms with Gasteiger partial charge in [0.2, 0.25) is 0 Å². The average Bonchev–Trinajstić information content (AvgIpc) is 1.25. The monoisotopic (exact) mass is 184 g/mol. The molecule has 0 radical (unpaired) electrons. The van der Waals surface area contributed by atoms with Crippen molar-refractivity contribution in [2.24, 2.45) is 0 Å². The normalized spacial score (nSPS) is 6.78. The maximum Gasteiger partial charge on any atom is 0.300 e. The van der Waals surface area contributed by atoms with Crippen molar-refractivity contribution in [3.63, 3.8) is 0 Å². The third-order valence-electron chi connectivity index (χ3n) is 0. The Kier molecular flexibility index (Phi) is 19.5. The molecule has 0 aromatic rings.